The Morgan fingerprint density at radius 3 is 2.61 bits per heavy atom. The molecule has 1 N–H and O–H groups in total. The molecule has 184 valence electrons. The van der Waals surface area contributed by atoms with Gasteiger partial charge in [0, 0.05) is 40.7 Å². The zero-order valence-corrected chi connectivity index (χ0v) is 20.8. The molecule has 0 radical (unpaired) electrons. The van der Waals surface area contributed by atoms with Crippen molar-refractivity contribution in [2.24, 2.45) is 0 Å². The van der Waals surface area contributed by atoms with Crippen LogP contribution >= 0.6 is 23.2 Å². The van der Waals surface area contributed by atoms with Gasteiger partial charge < -0.3 is 19.7 Å². The summed E-state index contributed by atoms with van der Waals surface area (Å²) < 4.78 is 13.1. The van der Waals surface area contributed by atoms with Crippen LogP contribution in [0.3, 0.4) is 0 Å². The molecule has 1 amide bonds. The van der Waals surface area contributed by atoms with E-state index in [-0.39, 0.29) is 11.9 Å². The number of morpholine rings is 1. The number of hydrogen-bond donors (Lipinski definition) is 1. The summed E-state index contributed by atoms with van der Waals surface area (Å²) in [6.07, 6.45) is 4.02. The van der Waals surface area contributed by atoms with Gasteiger partial charge in [-0.15, -0.1) is 0 Å². The highest BCUT2D eigenvalue weighted by Gasteiger charge is 2.28. The van der Waals surface area contributed by atoms with Crippen LogP contribution in [0, 0.1) is 0 Å². The predicted octanol–water partition coefficient (Wildman–Crippen LogP) is 4.79. The molecular formula is C26H23Cl2N5O3. The number of carbonyl (C=O) groups excluding carboxylic acids is 1. The second-order valence-electron chi connectivity index (χ2n) is 8.74. The summed E-state index contributed by atoms with van der Waals surface area (Å²) in [7, 11) is 0. The summed E-state index contributed by atoms with van der Waals surface area (Å²) >= 11 is 12.5. The van der Waals surface area contributed by atoms with Crippen molar-refractivity contribution in [2.75, 3.05) is 37.8 Å². The van der Waals surface area contributed by atoms with Crippen molar-refractivity contribution in [3.63, 3.8) is 0 Å². The monoisotopic (exact) mass is 523 g/mol. The number of para-hydroxylation sites is 1. The van der Waals surface area contributed by atoms with Gasteiger partial charge in [0.2, 0.25) is 0 Å². The van der Waals surface area contributed by atoms with Crippen LogP contribution in [0.25, 0.3) is 16.9 Å². The fourth-order valence-corrected chi connectivity index (χ4v) is 5.34. The fourth-order valence-electron chi connectivity index (χ4n) is 4.81. The van der Waals surface area contributed by atoms with E-state index >= 15 is 0 Å². The first-order valence-corrected chi connectivity index (χ1v) is 12.5. The minimum atomic E-state index is -0.205. The van der Waals surface area contributed by atoms with Crippen LogP contribution in [0.5, 0.6) is 5.75 Å². The van der Waals surface area contributed by atoms with E-state index in [9.17, 15) is 4.79 Å². The van der Waals surface area contributed by atoms with Crippen LogP contribution in [-0.4, -0.2) is 53.4 Å². The molecule has 4 heterocycles. The maximum absolute atomic E-state index is 13.7. The minimum absolute atomic E-state index is 0.153. The van der Waals surface area contributed by atoms with Gasteiger partial charge in [-0.2, -0.15) is 5.10 Å². The second-order valence-corrected chi connectivity index (χ2v) is 9.62. The van der Waals surface area contributed by atoms with E-state index in [4.69, 9.17) is 32.7 Å². The smallest absolute Gasteiger partial charge is 0.255 e. The number of imidazole rings is 1. The number of carbonyl (C=O) groups is 1. The van der Waals surface area contributed by atoms with Crippen LogP contribution in [0.1, 0.15) is 28.4 Å². The van der Waals surface area contributed by atoms with Crippen LogP contribution in [-0.2, 0) is 4.74 Å². The first-order chi connectivity index (χ1) is 17.6. The Hall–Kier alpha value is -3.33. The number of aromatic nitrogens is 3. The van der Waals surface area contributed by atoms with Crippen molar-refractivity contribution < 1.29 is 14.3 Å². The molecule has 2 aromatic heterocycles. The van der Waals surface area contributed by atoms with Gasteiger partial charge in [-0.05, 0) is 24.3 Å². The average Bonchev–Trinajstić information content (AvgIpc) is 3.32. The van der Waals surface area contributed by atoms with Crippen LogP contribution < -0.4 is 15.0 Å². The number of hydrogen-bond acceptors (Lipinski definition) is 6. The molecule has 8 nitrogen and oxygen atoms in total. The van der Waals surface area contributed by atoms with Gasteiger partial charge in [-0.1, -0.05) is 41.4 Å². The van der Waals surface area contributed by atoms with Crippen LogP contribution in [0.15, 0.2) is 54.9 Å². The molecular weight excluding hydrogens is 501 g/mol. The Bertz CT molecular complexity index is 1430. The molecule has 2 aliphatic heterocycles. The fraction of sp³-hybridized carbons (Fsp3) is 0.269. The lowest BCUT2D eigenvalue weighted by atomic mass is 10.00. The lowest BCUT2D eigenvalue weighted by Gasteiger charge is -2.31. The number of ether oxygens (including phenoxy) is 2. The third kappa shape index (κ3) is 4.25. The van der Waals surface area contributed by atoms with E-state index in [1.54, 1.807) is 23.0 Å². The van der Waals surface area contributed by atoms with E-state index in [1.165, 1.54) is 0 Å². The summed E-state index contributed by atoms with van der Waals surface area (Å²) in [5, 5.41) is 8.86. The van der Waals surface area contributed by atoms with Crippen LogP contribution in [0.2, 0.25) is 10.0 Å². The van der Waals surface area contributed by atoms with Gasteiger partial charge >= 0.3 is 0 Å². The summed E-state index contributed by atoms with van der Waals surface area (Å²) in [5.74, 6) is 0.595. The van der Waals surface area contributed by atoms with Gasteiger partial charge in [-0.25, -0.2) is 9.50 Å². The number of halogens is 2. The standard InChI is InChI=1S/C26H23Cl2N5O3/c27-17-11-16(12-18(28)13-17)22-15-29-25-24(32-6-9-35-10-7-32)20(14-30-33(22)25)26(34)31-21-5-8-36-23-4-2-1-3-19(21)23/h1-4,11-15,21H,5-10H2,(H,31,34). The third-order valence-corrected chi connectivity index (χ3v) is 6.94. The Labute approximate surface area is 217 Å². The predicted molar refractivity (Wildman–Crippen MR) is 138 cm³/mol. The molecule has 1 saturated heterocycles. The van der Waals surface area contributed by atoms with E-state index in [1.807, 2.05) is 36.4 Å². The highest BCUT2D eigenvalue weighted by molar-refractivity contribution is 6.35. The minimum Gasteiger partial charge on any atom is -0.493 e. The summed E-state index contributed by atoms with van der Waals surface area (Å²) in [5.41, 5.74) is 4.27. The lowest BCUT2D eigenvalue weighted by molar-refractivity contribution is 0.0923. The molecule has 1 fully saturated rings. The lowest BCUT2D eigenvalue weighted by Crippen LogP contribution is -2.39. The number of fused-ring (bicyclic) bond motifs is 2. The maximum atomic E-state index is 13.7. The Morgan fingerprint density at radius 2 is 1.81 bits per heavy atom. The van der Waals surface area contributed by atoms with Crippen molar-refractivity contribution in [3.8, 4) is 17.0 Å². The summed E-state index contributed by atoms with van der Waals surface area (Å²) in [6.45, 7) is 2.97. The van der Waals surface area contributed by atoms with Crippen molar-refractivity contribution >= 4 is 40.4 Å². The number of nitrogens with one attached hydrogen (secondary N) is 1. The van der Waals surface area contributed by atoms with Gasteiger partial charge in [0.1, 0.15) is 5.75 Å². The van der Waals surface area contributed by atoms with Gasteiger partial charge in [0.15, 0.2) is 5.65 Å². The van der Waals surface area contributed by atoms with E-state index in [2.05, 4.69) is 20.3 Å². The maximum Gasteiger partial charge on any atom is 0.255 e. The van der Waals surface area contributed by atoms with Crippen molar-refractivity contribution in [3.05, 3.63) is 76.0 Å². The van der Waals surface area contributed by atoms with Crippen LogP contribution in [0.4, 0.5) is 5.69 Å². The first-order valence-electron chi connectivity index (χ1n) is 11.8. The van der Waals surface area contributed by atoms with Gasteiger partial charge in [0.05, 0.1) is 55.2 Å². The van der Waals surface area contributed by atoms with Gasteiger partial charge in [0.25, 0.3) is 5.91 Å². The quantitative estimate of drug-likeness (QED) is 0.414. The molecule has 0 saturated carbocycles. The number of rotatable bonds is 4. The molecule has 6 rings (SSSR count). The SMILES string of the molecule is O=C(NC1CCOc2ccccc21)c1cnn2c(-c3cc(Cl)cc(Cl)c3)cnc2c1N1CCOCC1. The molecule has 2 aromatic carbocycles. The molecule has 0 aliphatic carbocycles. The highest BCUT2D eigenvalue weighted by atomic mass is 35.5. The third-order valence-electron chi connectivity index (χ3n) is 6.50. The normalized spacial score (nSPS) is 17.5. The van der Waals surface area contributed by atoms with Crippen molar-refractivity contribution in [2.45, 2.75) is 12.5 Å². The Balaban J connectivity index is 1.42. The highest BCUT2D eigenvalue weighted by Crippen LogP contribution is 2.34. The second kappa shape index (κ2) is 9.61. The molecule has 10 heteroatoms. The summed E-state index contributed by atoms with van der Waals surface area (Å²) in [4.78, 5) is 20.5. The Kier molecular flexibility index (Phi) is 6.17. The molecule has 0 bridgehead atoms. The van der Waals surface area contributed by atoms with E-state index < -0.39 is 0 Å². The van der Waals surface area contributed by atoms with E-state index in [0.717, 1.165) is 28.3 Å². The van der Waals surface area contributed by atoms with Crippen molar-refractivity contribution in [1.82, 2.24) is 19.9 Å². The van der Waals surface area contributed by atoms with Crippen molar-refractivity contribution in [1.29, 1.82) is 0 Å². The van der Waals surface area contributed by atoms with Gasteiger partial charge in [-0.3, -0.25) is 4.79 Å². The molecule has 1 unspecified atom stereocenters. The zero-order valence-electron chi connectivity index (χ0n) is 19.3. The van der Waals surface area contributed by atoms with E-state index in [0.29, 0.717) is 60.6 Å². The molecule has 4 aromatic rings. The number of benzene rings is 2. The topological polar surface area (TPSA) is 81.0 Å². The summed E-state index contributed by atoms with van der Waals surface area (Å²) in [6, 6.07) is 13.0. The molecule has 1 atom stereocenters. The zero-order chi connectivity index (χ0) is 24.6. The number of anilines is 1. The largest absolute Gasteiger partial charge is 0.493 e. The first kappa shape index (κ1) is 23.1. The number of amides is 1. The molecule has 36 heavy (non-hydrogen) atoms. The number of nitrogens with zero attached hydrogens (tertiary/aromatic N) is 4. The molecule has 0 spiro atoms. The Morgan fingerprint density at radius 1 is 1.03 bits per heavy atom. The average molecular weight is 524 g/mol. The molecule has 2 aliphatic rings.